The number of hydrogen-bond donors (Lipinski definition) is 2. The van der Waals surface area contributed by atoms with Crippen molar-refractivity contribution < 1.29 is 4.52 Å². The molecule has 0 aliphatic carbocycles. The third kappa shape index (κ3) is 2.50. The van der Waals surface area contributed by atoms with Crippen LogP contribution in [0.3, 0.4) is 0 Å². The minimum absolute atomic E-state index is 0.528. The number of aryl methyl sites for hydroxylation is 2. The fraction of sp³-hybridized carbons (Fsp3) is 0.273. The molecule has 3 N–H and O–H groups in total. The molecule has 0 radical (unpaired) electrons. The van der Waals surface area contributed by atoms with E-state index >= 15 is 0 Å². The molecule has 0 saturated heterocycles. The highest BCUT2D eigenvalue weighted by Crippen LogP contribution is 2.16. The van der Waals surface area contributed by atoms with E-state index in [1.54, 1.807) is 6.92 Å². The maximum Gasteiger partial charge on any atom is 0.223 e. The van der Waals surface area contributed by atoms with Crippen molar-refractivity contribution in [3.63, 3.8) is 0 Å². The fourth-order valence-electron chi connectivity index (χ4n) is 1.51. The van der Waals surface area contributed by atoms with Crippen molar-refractivity contribution >= 4 is 11.4 Å². The first kappa shape index (κ1) is 10.5. The lowest BCUT2D eigenvalue weighted by Crippen LogP contribution is -2.02. The molecule has 5 heteroatoms. The first-order valence-electron chi connectivity index (χ1n) is 5.04. The number of anilines is 2. The minimum Gasteiger partial charge on any atom is -0.399 e. The Balaban J connectivity index is 2.04. The van der Waals surface area contributed by atoms with Gasteiger partial charge in [0.1, 0.15) is 0 Å². The number of aromatic nitrogens is 2. The Morgan fingerprint density at radius 1 is 1.31 bits per heavy atom. The van der Waals surface area contributed by atoms with Crippen LogP contribution in [0, 0.1) is 13.8 Å². The van der Waals surface area contributed by atoms with E-state index in [2.05, 4.69) is 15.5 Å². The standard InChI is InChI=1S/C11H14N4O/c1-7-3-9(12)5-10(4-7)13-6-11-14-8(2)16-15-11/h3-5,13H,6,12H2,1-2H3. The predicted molar refractivity (Wildman–Crippen MR) is 62.0 cm³/mol. The quantitative estimate of drug-likeness (QED) is 0.769. The van der Waals surface area contributed by atoms with Crippen LogP contribution >= 0.6 is 0 Å². The van der Waals surface area contributed by atoms with E-state index in [4.69, 9.17) is 10.3 Å². The Bertz CT molecular complexity index is 472. The van der Waals surface area contributed by atoms with Gasteiger partial charge in [0, 0.05) is 18.3 Å². The van der Waals surface area contributed by atoms with Crippen molar-refractivity contribution in [1.29, 1.82) is 0 Å². The highest BCUT2D eigenvalue weighted by Gasteiger charge is 2.02. The Hall–Kier alpha value is -2.04. The van der Waals surface area contributed by atoms with E-state index in [0.29, 0.717) is 18.3 Å². The van der Waals surface area contributed by atoms with E-state index in [-0.39, 0.29) is 0 Å². The first-order valence-corrected chi connectivity index (χ1v) is 5.04. The van der Waals surface area contributed by atoms with Crippen LogP contribution in [0.5, 0.6) is 0 Å². The summed E-state index contributed by atoms with van der Waals surface area (Å²) in [6.07, 6.45) is 0. The van der Waals surface area contributed by atoms with E-state index in [1.165, 1.54) is 0 Å². The molecule has 0 atom stereocenters. The lowest BCUT2D eigenvalue weighted by molar-refractivity contribution is 0.388. The summed E-state index contributed by atoms with van der Waals surface area (Å²) >= 11 is 0. The van der Waals surface area contributed by atoms with Crippen molar-refractivity contribution in [3.8, 4) is 0 Å². The normalized spacial score (nSPS) is 10.4. The number of nitrogen functional groups attached to an aromatic ring is 1. The molecule has 0 bridgehead atoms. The summed E-state index contributed by atoms with van der Waals surface area (Å²) in [7, 11) is 0. The average Bonchev–Trinajstić information content (AvgIpc) is 2.60. The zero-order valence-corrected chi connectivity index (χ0v) is 9.32. The number of hydrogen-bond acceptors (Lipinski definition) is 5. The highest BCUT2D eigenvalue weighted by atomic mass is 16.5. The average molecular weight is 218 g/mol. The second-order valence-electron chi connectivity index (χ2n) is 3.72. The van der Waals surface area contributed by atoms with Gasteiger partial charge in [0.25, 0.3) is 0 Å². The Kier molecular flexibility index (Phi) is 2.76. The van der Waals surface area contributed by atoms with Gasteiger partial charge in [-0.3, -0.25) is 0 Å². The number of nitrogens with one attached hydrogen (secondary N) is 1. The van der Waals surface area contributed by atoms with Gasteiger partial charge >= 0.3 is 0 Å². The van der Waals surface area contributed by atoms with Crippen LogP contribution in [0.15, 0.2) is 22.7 Å². The van der Waals surface area contributed by atoms with Gasteiger partial charge in [-0.1, -0.05) is 5.16 Å². The van der Waals surface area contributed by atoms with Crippen LogP contribution in [-0.2, 0) is 6.54 Å². The zero-order valence-electron chi connectivity index (χ0n) is 9.32. The van der Waals surface area contributed by atoms with Crippen molar-refractivity contribution in [2.45, 2.75) is 20.4 Å². The molecule has 0 unspecified atom stereocenters. The molecule has 2 rings (SSSR count). The van der Waals surface area contributed by atoms with E-state index in [0.717, 1.165) is 16.9 Å². The molecule has 1 heterocycles. The number of rotatable bonds is 3. The smallest absolute Gasteiger partial charge is 0.223 e. The predicted octanol–water partition coefficient (Wildman–Crippen LogP) is 1.88. The Morgan fingerprint density at radius 3 is 2.75 bits per heavy atom. The third-order valence-corrected chi connectivity index (χ3v) is 2.12. The Morgan fingerprint density at radius 2 is 2.12 bits per heavy atom. The lowest BCUT2D eigenvalue weighted by atomic mass is 10.2. The van der Waals surface area contributed by atoms with Crippen LogP contribution in [0.1, 0.15) is 17.3 Å². The highest BCUT2D eigenvalue weighted by molar-refractivity contribution is 5.56. The summed E-state index contributed by atoms with van der Waals surface area (Å²) < 4.78 is 4.87. The van der Waals surface area contributed by atoms with E-state index in [1.807, 2.05) is 25.1 Å². The molecule has 0 spiro atoms. The second kappa shape index (κ2) is 4.22. The first-order chi connectivity index (χ1) is 7.63. The zero-order chi connectivity index (χ0) is 11.5. The van der Waals surface area contributed by atoms with Crippen molar-refractivity contribution in [2.24, 2.45) is 0 Å². The molecule has 5 nitrogen and oxygen atoms in total. The minimum atomic E-state index is 0.528. The molecule has 84 valence electrons. The van der Waals surface area contributed by atoms with Crippen LogP contribution < -0.4 is 11.1 Å². The monoisotopic (exact) mass is 218 g/mol. The maximum atomic E-state index is 5.74. The molecule has 0 fully saturated rings. The molecule has 2 aromatic rings. The second-order valence-corrected chi connectivity index (χ2v) is 3.72. The van der Waals surface area contributed by atoms with E-state index < -0.39 is 0 Å². The van der Waals surface area contributed by atoms with Crippen LogP contribution in [0.4, 0.5) is 11.4 Å². The topological polar surface area (TPSA) is 77.0 Å². The van der Waals surface area contributed by atoms with Gasteiger partial charge in [0.05, 0.1) is 6.54 Å². The third-order valence-electron chi connectivity index (χ3n) is 2.12. The van der Waals surface area contributed by atoms with Crippen molar-refractivity contribution in [2.75, 3.05) is 11.1 Å². The molecule has 0 aliphatic rings. The van der Waals surface area contributed by atoms with Gasteiger partial charge in [0.15, 0.2) is 5.82 Å². The summed E-state index contributed by atoms with van der Waals surface area (Å²) in [5.41, 5.74) is 8.56. The van der Waals surface area contributed by atoms with Crippen LogP contribution in [0.25, 0.3) is 0 Å². The largest absolute Gasteiger partial charge is 0.399 e. The Labute approximate surface area is 93.7 Å². The van der Waals surface area contributed by atoms with Gasteiger partial charge in [0.2, 0.25) is 5.89 Å². The molecule has 0 aliphatic heterocycles. The summed E-state index contributed by atoms with van der Waals surface area (Å²) in [5, 5.41) is 6.99. The van der Waals surface area contributed by atoms with Gasteiger partial charge in [-0.15, -0.1) is 0 Å². The summed E-state index contributed by atoms with van der Waals surface area (Å²) in [6.45, 7) is 4.29. The summed E-state index contributed by atoms with van der Waals surface area (Å²) in [5.74, 6) is 1.21. The van der Waals surface area contributed by atoms with Crippen LogP contribution in [0.2, 0.25) is 0 Å². The molecular weight excluding hydrogens is 204 g/mol. The molecule has 1 aromatic carbocycles. The lowest BCUT2D eigenvalue weighted by Gasteiger charge is -2.05. The molecular formula is C11H14N4O. The number of nitrogens with zero attached hydrogens (tertiary/aromatic N) is 2. The fourth-order valence-corrected chi connectivity index (χ4v) is 1.51. The molecule has 16 heavy (non-hydrogen) atoms. The maximum absolute atomic E-state index is 5.74. The summed E-state index contributed by atoms with van der Waals surface area (Å²) in [4.78, 5) is 4.10. The van der Waals surface area contributed by atoms with Gasteiger partial charge in [-0.25, -0.2) is 0 Å². The number of nitrogens with two attached hydrogens (primary N) is 1. The van der Waals surface area contributed by atoms with Crippen molar-refractivity contribution in [1.82, 2.24) is 10.1 Å². The van der Waals surface area contributed by atoms with Crippen molar-refractivity contribution in [3.05, 3.63) is 35.5 Å². The van der Waals surface area contributed by atoms with Gasteiger partial charge in [-0.2, -0.15) is 4.98 Å². The number of benzene rings is 1. The molecule has 1 aromatic heterocycles. The van der Waals surface area contributed by atoms with Crippen LogP contribution in [-0.4, -0.2) is 10.1 Å². The molecule has 0 saturated carbocycles. The molecule has 0 amide bonds. The van der Waals surface area contributed by atoms with E-state index in [9.17, 15) is 0 Å². The van der Waals surface area contributed by atoms with Gasteiger partial charge in [-0.05, 0) is 30.7 Å². The summed E-state index contributed by atoms with van der Waals surface area (Å²) in [6, 6.07) is 5.81. The van der Waals surface area contributed by atoms with Gasteiger partial charge < -0.3 is 15.6 Å². The SMILES string of the molecule is Cc1cc(N)cc(NCc2noc(C)n2)c1.